The summed E-state index contributed by atoms with van der Waals surface area (Å²) >= 11 is 8.47. The molecular weight excluding hydrogens is 694 g/mol. The van der Waals surface area contributed by atoms with Gasteiger partial charge in [-0.2, -0.15) is 5.10 Å². The largest absolute Gasteiger partial charge is 0.481 e. The monoisotopic (exact) mass is 717 g/mol. The molecule has 11 heteroatoms. The Morgan fingerprint density at radius 3 is 2.33 bits per heavy atom. The molecule has 0 saturated heterocycles. The molecule has 3 N–H and O–H groups in total. The van der Waals surface area contributed by atoms with Crippen molar-refractivity contribution in [2.45, 2.75) is 6.92 Å². The second-order valence-corrected chi connectivity index (χ2v) is 11.9. The van der Waals surface area contributed by atoms with Crippen molar-refractivity contribution < 1.29 is 14.3 Å². The molecular formula is C32H25Br2N5O3S. The van der Waals surface area contributed by atoms with Crippen LogP contribution in [0.5, 0.6) is 5.75 Å². The number of hydrazone groups is 1. The summed E-state index contributed by atoms with van der Waals surface area (Å²) in [4.78, 5) is 29.6. The molecule has 8 nitrogen and oxygen atoms in total. The molecule has 1 heterocycles. The van der Waals surface area contributed by atoms with Crippen LogP contribution >= 0.6 is 43.2 Å². The van der Waals surface area contributed by atoms with E-state index in [1.165, 1.54) is 17.6 Å². The minimum absolute atomic E-state index is 0.165. The van der Waals surface area contributed by atoms with Crippen molar-refractivity contribution in [1.29, 1.82) is 0 Å². The molecule has 216 valence electrons. The van der Waals surface area contributed by atoms with Crippen LogP contribution in [0, 0.1) is 6.92 Å². The highest BCUT2D eigenvalue weighted by molar-refractivity contribution is 9.11. The maximum Gasteiger partial charge on any atom is 0.271 e. The van der Waals surface area contributed by atoms with Gasteiger partial charge in [0.2, 0.25) is 0 Å². The van der Waals surface area contributed by atoms with E-state index < -0.39 is 0 Å². The quantitative estimate of drug-likeness (QED) is 0.0999. The minimum atomic E-state index is -0.342. The maximum absolute atomic E-state index is 12.6. The summed E-state index contributed by atoms with van der Waals surface area (Å²) in [6, 6.07) is 28.1. The number of anilines is 3. The lowest BCUT2D eigenvalue weighted by Crippen LogP contribution is -2.20. The topological polar surface area (TPSA) is 105 Å². The standard InChI is InChI=1S/C32H25Br2N5O3S/c1-20-7-13-25(14-8-20)36-29(40)18-42-30-26(33)15-21(16-27(30)34)17-35-39-31(41)23-11-9-22(10-12-23)28-19-43-32(38-28)37-24-5-3-2-4-6-24/h2-17,19H,18H2,1H3,(H,36,40)(H,37,38)(H,39,41)/b35-17+. The molecule has 0 radical (unpaired) electrons. The van der Waals surface area contributed by atoms with Crippen molar-refractivity contribution >= 4 is 77.7 Å². The van der Waals surface area contributed by atoms with Gasteiger partial charge in [0, 0.05) is 27.9 Å². The normalized spacial score (nSPS) is 10.9. The predicted molar refractivity (Wildman–Crippen MR) is 179 cm³/mol. The number of carbonyl (C=O) groups is 2. The number of aryl methyl sites for hydroxylation is 1. The van der Waals surface area contributed by atoms with Crippen LogP contribution in [-0.4, -0.2) is 29.6 Å². The van der Waals surface area contributed by atoms with Crippen LogP contribution in [0.15, 0.2) is 110 Å². The maximum atomic E-state index is 12.6. The Labute approximate surface area is 269 Å². The van der Waals surface area contributed by atoms with E-state index in [0.29, 0.717) is 31.5 Å². The number of amides is 2. The lowest BCUT2D eigenvalue weighted by molar-refractivity contribution is -0.118. The lowest BCUT2D eigenvalue weighted by atomic mass is 10.1. The first-order valence-electron chi connectivity index (χ1n) is 13.0. The first-order valence-corrected chi connectivity index (χ1v) is 15.5. The second-order valence-electron chi connectivity index (χ2n) is 9.32. The molecule has 0 saturated carbocycles. The third-order valence-electron chi connectivity index (χ3n) is 6.06. The Balaban J connectivity index is 1.13. The Morgan fingerprint density at radius 2 is 1.63 bits per heavy atom. The van der Waals surface area contributed by atoms with Gasteiger partial charge in [-0.3, -0.25) is 9.59 Å². The number of hydrogen-bond donors (Lipinski definition) is 3. The van der Waals surface area contributed by atoms with Gasteiger partial charge in [0.05, 0.1) is 20.9 Å². The van der Waals surface area contributed by atoms with E-state index in [1.54, 1.807) is 24.3 Å². The molecule has 0 spiro atoms. The first-order chi connectivity index (χ1) is 20.8. The number of nitrogens with zero attached hydrogens (tertiary/aromatic N) is 2. The van der Waals surface area contributed by atoms with Gasteiger partial charge in [-0.15, -0.1) is 11.3 Å². The summed E-state index contributed by atoms with van der Waals surface area (Å²) in [5, 5.41) is 12.9. The summed E-state index contributed by atoms with van der Waals surface area (Å²) in [6.45, 7) is 1.82. The van der Waals surface area contributed by atoms with Crippen molar-refractivity contribution in [3.05, 3.63) is 122 Å². The van der Waals surface area contributed by atoms with Gasteiger partial charge in [-0.25, -0.2) is 10.4 Å². The molecule has 4 aromatic carbocycles. The highest BCUT2D eigenvalue weighted by atomic mass is 79.9. The third kappa shape index (κ3) is 8.38. The zero-order valence-electron chi connectivity index (χ0n) is 22.8. The van der Waals surface area contributed by atoms with Crippen LogP contribution in [0.25, 0.3) is 11.3 Å². The van der Waals surface area contributed by atoms with Crippen LogP contribution in [0.4, 0.5) is 16.5 Å². The zero-order valence-corrected chi connectivity index (χ0v) is 26.8. The average molecular weight is 719 g/mol. The highest BCUT2D eigenvalue weighted by Gasteiger charge is 2.12. The van der Waals surface area contributed by atoms with Crippen LogP contribution in [0.2, 0.25) is 0 Å². The van der Waals surface area contributed by atoms with E-state index in [0.717, 1.165) is 27.6 Å². The summed E-state index contributed by atoms with van der Waals surface area (Å²) < 4.78 is 6.97. The third-order valence-corrected chi connectivity index (χ3v) is 7.99. The summed E-state index contributed by atoms with van der Waals surface area (Å²) in [5.41, 5.74) is 8.23. The Bertz CT molecular complexity index is 1740. The van der Waals surface area contributed by atoms with Gasteiger partial charge in [0.25, 0.3) is 11.8 Å². The zero-order chi connectivity index (χ0) is 30.2. The first kappa shape index (κ1) is 30.1. The van der Waals surface area contributed by atoms with Gasteiger partial charge >= 0.3 is 0 Å². The lowest BCUT2D eigenvalue weighted by Gasteiger charge is -2.11. The number of aromatic nitrogens is 1. The number of nitrogens with one attached hydrogen (secondary N) is 3. The molecule has 5 aromatic rings. The van der Waals surface area contributed by atoms with Crippen molar-refractivity contribution in [2.75, 3.05) is 17.2 Å². The van der Waals surface area contributed by atoms with E-state index in [1.807, 2.05) is 79.0 Å². The molecule has 5 rings (SSSR count). The molecule has 0 aliphatic heterocycles. The molecule has 2 amide bonds. The van der Waals surface area contributed by atoms with E-state index >= 15 is 0 Å². The molecule has 1 aromatic heterocycles. The van der Waals surface area contributed by atoms with E-state index in [-0.39, 0.29) is 18.4 Å². The number of para-hydroxylation sites is 1. The number of hydrogen-bond acceptors (Lipinski definition) is 7. The number of ether oxygens (including phenoxy) is 1. The van der Waals surface area contributed by atoms with Gasteiger partial charge < -0.3 is 15.4 Å². The van der Waals surface area contributed by atoms with Gasteiger partial charge in [-0.1, -0.05) is 48.0 Å². The molecule has 0 unspecified atom stereocenters. The van der Waals surface area contributed by atoms with Gasteiger partial charge in [-0.05, 0) is 92.9 Å². The number of thiazole rings is 1. The fourth-order valence-electron chi connectivity index (χ4n) is 3.89. The second kappa shape index (κ2) is 14.2. The highest BCUT2D eigenvalue weighted by Crippen LogP contribution is 2.34. The Kier molecular flexibility index (Phi) is 9.98. The molecule has 0 atom stereocenters. The predicted octanol–water partition coefficient (Wildman–Crippen LogP) is 8.17. The average Bonchev–Trinajstić information content (AvgIpc) is 3.47. The van der Waals surface area contributed by atoms with E-state index in [2.05, 4.69) is 58.0 Å². The molecule has 43 heavy (non-hydrogen) atoms. The van der Waals surface area contributed by atoms with Gasteiger partial charge in [0.15, 0.2) is 11.7 Å². The number of halogens is 2. The van der Waals surface area contributed by atoms with Gasteiger partial charge in [0.1, 0.15) is 5.75 Å². The van der Waals surface area contributed by atoms with E-state index in [9.17, 15) is 9.59 Å². The van der Waals surface area contributed by atoms with Crippen molar-refractivity contribution in [1.82, 2.24) is 10.4 Å². The number of benzene rings is 4. The van der Waals surface area contributed by atoms with Crippen molar-refractivity contribution in [3.8, 4) is 17.0 Å². The van der Waals surface area contributed by atoms with E-state index in [4.69, 9.17) is 4.74 Å². The van der Waals surface area contributed by atoms with Crippen LogP contribution in [0.3, 0.4) is 0 Å². The molecule has 0 aliphatic carbocycles. The summed E-state index contributed by atoms with van der Waals surface area (Å²) in [5.74, 6) is -0.144. The fourth-order valence-corrected chi connectivity index (χ4v) is 6.09. The molecule has 0 bridgehead atoms. The van der Waals surface area contributed by atoms with Crippen molar-refractivity contribution in [3.63, 3.8) is 0 Å². The molecule has 0 aliphatic rings. The SMILES string of the molecule is Cc1ccc(NC(=O)COc2c(Br)cc(/C=N/NC(=O)c3ccc(-c4csc(Nc5ccccc5)n4)cc3)cc2Br)cc1. The van der Waals surface area contributed by atoms with Crippen LogP contribution < -0.4 is 20.8 Å². The van der Waals surface area contributed by atoms with Crippen LogP contribution in [0.1, 0.15) is 21.5 Å². The summed E-state index contributed by atoms with van der Waals surface area (Å²) in [7, 11) is 0. The number of rotatable bonds is 10. The molecule has 0 fully saturated rings. The Hall–Kier alpha value is -4.32. The van der Waals surface area contributed by atoms with Crippen molar-refractivity contribution in [2.24, 2.45) is 5.10 Å². The minimum Gasteiger partial charge on any atom is -0.481 e. The fraction of sp³-hybridized carbons (Fsp3) is 0.0625. The van der Waals surface area contributed by atoms with Crippen LogP contribution in [-0.2, 0) is 4.79 Å². The smallest absolute Gasteiger partial charge is 0.271 e. The summed E-state index contributed by atoms with van der Waals surface area (Å²) in [6.07, 6.45) is 1.52. The number of carbonyl (C=O) groups excluding carboxylic acids is 2. The Morgan fingerprint density at radius 1 is 0.930 bits per heavy atom.